The molecule has 0 spiro atoms. The maximum absolute atomic E-state index is 11.6. The van der Waals surface area contributed by atoms with E-state index in [4.69, 9.17) is 4.74 Å². The minimum atomic E-state index is -0.0670. The van der Waals surface area contributed by atoms with Gasteiger partial charge in [0, 0.05) is 4.90 Å². The number of carbonyl (C=O) groups is 1. The Morgan fingerprint density at radius 3 is 2.73 bits per heavy atom. The van der Waals surface area contributed by atoms with Crippen molar-refractivity contribution in [3.63, 3.8) is 0 Å². The van der Waals surface area contributed by atoms with E-state index in [0.29, 0.717) is 12.5 Å². The molecule has 0 radical (unpaired) electrons. The van der Waals surface area contributed by atoms with Crippen LogP contribution in [0.2, 0.25) is 0 Å². The van der Waals surface area contributed by atoms with Crippen LogP contribution in [0.5, 0.6) is 0 Å². The van der Waals surface area contributed by atoms with E-state index in [1.54, 1.807) is 11.8 Å². The molecule has 0 bridgehead atoms. The van der Waals surface area contributed by atoms with Gasteiger partial charge in [-0.3, -0.25) is 4.79 Å². The molecule has 1 fully saturated rings. The Bertz CT molecular complexity index is 337. The van der Waals surface area contributed by atoms with Crippen molar-refractivity contribution in [3.05, 3.63) is 30.3 Å². The fraction of sp³-hybridized carbons (Fsp3) is 0.417. The zero-order valence-electron chi connectivity index (χ0n) is 8.68. The SMILES string of the molecule is C[C@@H]1CCOC(=O)[C@H]1Sc1ccccc1. The minimum absolute atomic E-state index is 0.0406. The quantitative estimate of drug-likeness (QED) is 0.720. The molecule has 0 saturated carbocycles. The molecule has 2 nitrogen and oxygen atoms in total. The van der Waals surface area contributed by atoms with E-state index < -0.39 is 0 Å². The van der Waals surface area contributed by atoms with Crippen LogP contribution in [0.15, 0.2) is 35.2 Å². The van der Waals surface area contributed by atoms with Gasteiger partial charge in [-0.25, -0.2) is 0 Å². The molecule has 0 unspecified atom stereocenters. The lowest BCUT2D eigenvalue weighted by Crippen LogP contribution is -2.33. The van der Waals surface area contributed by atoms with E-state index in [9.17, 15) is 4.79 Å². The third-order valence-electron chi connectivity index (χ3n) is 2.57. The Kier molecular flexibility index (Phi) is 3.31. The van der Waals surface area contributed by atoms with Crippen molar-refractivity contribution in [1.82, 2.24) is 0 Å². The predicted molar refractivity (Wildman–Crippen MR) is 60.8 cm³/mol. The van der Waals surface area contributed by atoms with Crippen LogP contribution in [0.4, 0.5) is 0 Å². The van der Waals surface area contributed by atoms with Gasteiger partial charge in [-0.1, -0.05) is 25.1 Å². The van der Waals surface area contributed by atoms with Gasteiger partial charge in [0.25, 0.3) is 0 Å². The molecule has 0 aromatic heterocycles. The second-order valence-corrected chi connectivity index (χ2v) is 5.00. The van der Waals surface area contributed by atoms with Crippen molar-refractivity contribution in [1.29, 1.82) is 0 Å². The Labute approximate surface area is 94.0 Å². The highest BCUT2D eigenvalue weighted by molar-refractivity contribution is 8.00. The third-order valence-corrected chi connectivity index (χ3v) is 4.03. The molecule has 0 aliphatic carbocycles. The van der Waals surface area contributed by atoms with Crippen LogP contribution < -0.4 is 0 Å². The van der Waals surface area contributed by atoms with Gasteiger partial charge >= 0.3 is 5.97 Å². The summed E-state index contributed by atoms with van der Waals surface area (Å²) in [4.78, 5) is 12.7. The molecule has 1 saturated heterocycles. The number of thioether (sulfide) groups is 1. The fourth-order valence-corrected chi connectivity index (χ4v) is 2.76. The maximum Gasteiger partial charge on any atom is 0.319 e. The van der Waals surface area contributed by atoms with E-state index in [2.05, 4.69) is 6.92 Å². The first kappa shape index (κ1) is 10.6. The van der Waals surface area contributed by atoms with Gasteiger partial charge in [-0.15, -0.1) is 11.8 Å². The van der Waals surface area contributed by atoms with Crippen molar-refractivity contribution >= 4 is 17.7 Å². The van der Waals surface area contributed by atoms with E-state index >= 15 is 0 Å². The summed E-state index contributed by atoms with van der Waals surface area (Å²) in [6, 6.07) is 10.0. The van der Waals surface area contributed by atoms with Crippen LogP contribution in [0.1, 0.15) is 13.3 Å². The van der Waals surface area contributed by atoms with Crippen LogP contribution >= 0.6 is 11.8 Å². The van der Waals surface area contributed by atoms with Crippen molar-refractivity contribution in [3.8, 4) is 0 Å². The highest BCUT2D eigenvalue weighted by atomic mass is 32.2. The lowest BCUT2D eigenvalue weighted by atomic mass is 10.0. The summed E-state index contributed by atoms with van der Waals surface area (Å²) in [6.45, 7) is 2.69. The molecule has 0 N–H and O–H groups in total. The van der Waals surface area contributed by atoms with Gasteiger partial charge in [-0.05, 0) is 24.5 Å². The van der Waals surface area contributed by atoms with Gasteiger partial charge in [0.2, 0.25) is 0 Å². The van der Waals surface area contributed by atoms with Crippen LogP contribution in [0, 0.1) is 5.92 Å². The number of benzene rings is 1. The van der Waals surface area contributed by atoms with Gasteiger partial charge in [0.05, 0.1) is 6.61 Å². The molecule has 80 valence electrons. The minimum Gasteiger partial charge on any atom is -0.465 e. The second-order valence-electron chi connectivity index (χ2n) is 3.78. The molecule has 1 aliphatic rings. The molecule has 1 aromatic carbocycles. The highest BCUT2D eigenvalue weighted by Gasteiger charge is 2.31. The molecular weight excluding hydrogens is 208 g/mol. The smallest absolute Gasteiger partial charge is 0.319 e. The third kappa shape index (κ3) is 2.53. The van der Waals surface area contributed by atoms with Gasteiger partial charge < -0.3 is 4.74 Å². The van der Waals surface area contributed by atoms with Crippen LogP contribution in [-0.4, -0.2) is 17.8 Å². The maximum atomic E-state index is 11.6. The molecule has 2 rings (SSSR count). The van der Waals surface area contributed by atoms with Crippen LogP contribution in [0.25, 0.3) is 0 Å². The number of esters is 1. The van der Waals surface area contributed by atoms with Gasteiger partial charge in [0.15, 0.2) is 0 Å². The summed E-state index contributed by atoms with van der Waals surface area (Å²) in [7, 11) is 0. The predicted octanol–water partition coefficient (Wildman–Crippen LogP) is 2.73. The summed E-state index contributed by atoms with van der Waals surface area (Å²) >= 11 is 1.61. The number of hydrogen-bond donors (Lipinski definition) is 0. The lowest BCUT2D eigenvalue weighted by Gasteiger charge is -2.26. The standard InChI is InChI=1S/C12H14O2S/c1-9-7-8-14-12(13)11(9)15-10-5-3-2-4-6-10/h2-6,9,11H,7-8H2,1H3/t9-,11+/m1/s1. The number of cyclic esters (lactones) is 1. The van der Waals surface area contributed by atoms with Crippen LogP contribution in [-0.2, 0) is 9.53 Å². The second kappa shape index (κ2) is 4.71. The Hall–Kier alpha value is -0.960. The Morgan fingerprint density at radius 1 is 1.33 bits per heavy atom. The number of hydrogen-bond acceptors (Lipinski definition) is 3. The zero-order chi connectivity index (χ0) is 10.7. The van der Waals surface area contributed by atoms with Crippen molar-refractivity contribution < 1.29 is 9.53 Å². The average molecular weight is 222 g/mol. The summed E-state index contributed by atoms with van der Waals surface area (Å²) < 4.78 is 5.07. The monoisotopic (exact) mass is 222 g/mol. The molecule has 0 amide bonds. The summed E-state index contributed by atoms with van der Waals surface area (Å²) in [5.41, 5.74) is 0. The van der Waals surface area contributed by atoms with Gasteiger partial charge in [0.1, 0.15) is 5.25 Å². The Balaban J connectivity index is 2.07. The van der Waals surface area contributed by atoms with Crippen molar-refractivity contribution in [2.75, 3.05) is 6.61 Å². The average Bonchev–Trinajstić information content (AvgIpc) is 2.25. The lowest BCUT2D eigenvalue weighted by molar-refractivity contribution is -0.147. The van der Waals surface area contributed by atoms with E-state index in [1.807, 2.05) is 30.3 Å². The molecule has 1 aliphatic heterocycles. The number of rotatable bonds is 2. The summed E-state index contributed by atoms with van der Waals surface area (Å²) in [6.07, 6.45) is 0.968. The first-order valence-electron chi connectivity index (χ1n) is 5.16. The molecule has 1 heterocycles. The number of ether oxygens (including phenoxy) is 1. The molecule has 2 atom stereocenters. The van der Waals surface area contributed by atoms with Crippen LogP contribution in [0.3, 0.4) is 0 Å². The molecular formula is C12H14O2S. The highest BCUT2D eigenvalue weighted by Crippen LogP contribution is 2.32. The Morgan fingerprint density at radius 2 is 2.07 bits per heavy atom. The first-order chi connectivity index (χ1) is 7.27. The largest absolute Gasteiger partial charge is 0.465 e. The first-order valence-corrected chi connectivity index (χ1v) is 6.03. The van der Waals surface area contributed by atoms with Crippen molar-refractivity contribution in [2.45, 2.75) is 23.5 Å². The van der Waals surface area contributed by atoms with Crippen molar-refractivity contribution in [2.24, 2.45) is 5.92 Å². The van der Waals surface area contributed by atoms with E-state index in [-0.39, 0.29) is 11.2 Å². The zero-order valence-corrected chi connectivity index (χ0v) is 9.50. The molecule has 3 heteroatoms. The van der Waals surface area contributed by atoms with E-state index in [1.165, 1.54) is 0 Å². The summed E-state index contributed by atoms with van der Waals surface area (Å²) in [5.74, 6) is 0.332. The normalized spacial score (nSPS) is 26.1. The fourth-order valence-electron chi connectivity index (χ4n) is 1.62. The molecule has 1 aromatic rings. The summed E-state index contributed by atoms with van der Waals surface area (Å²) in [5, 5.41) is -0.0406. The van der Waals surface area contributed by atoms with Gasteiger partial charge in [-0.2, -0.15) is 0 Å². The topological polar surface area (TPSA) is 26.3 Å². The number of carbonyl (C=O) groups excluding carboxylic acids is 1. The van der Waals surface area contributed by atoms with E-state index in [0.717, 1.165) is 11.3 Å². The molecule has 15 heavy (non-hydrogen) atoms.